The zero-order valence-electron chi connectivity index (χ0n) is 10.4. The third kappa shape index (κ3) is 2.31. The topological polar surface area (TPSA) is 12.9 Å². The van der Waals surface area contributed by atoms with Crippen molar-refractivity contribution in [3.8, 4) is 0 Å². The Labute approximate surface area is 86.6 Å². The molecule has 0 aromatic carbocycles. The van der Waals surface area contributed by atoms with Gasteiger partial charge in [-0.1, -0.05) is 34.6 Å². The molecule has 0 radical (unpaired) electrons. The van der Waals surface area contributed by atoms with E-state index < -0.39 is 5.89 Å². The van der Waals surface area contributed by atoms with Gasteiger partial charge in [0.05, 0.1) is 10.7 Å². The number of aryl methyl sites for hydroxylation is 1. The summed E-state index contributed by atoms with van der Waals surface area (Å²) in [5, 5.41) is 0.917. The molecule has 0 aliphatic heterocycles. The van der Waals surface area contributed by atoms with E-state index in [9.17, 15) is 0 Å². The lowest BCUT2D eigenvalue weighted by Gasteiger charge is -2.16. The van der Waals surface area contributed by atoms with Crippen LogP contribution >= 0.6 is 11.3 Å². The van der Waals surface area contributed by atoms with Gasteiger partial charge in [0, 0.05) is 17.6 Å². The number of nitrogens with zero attached hydrogens (tertiary/aromatic N) is 1. The van der Waals surface area contributed by atoms with Crippen LogP contribution in [0.2, 0.25) is 0 Å². The van der Waals surface area contributed by atoms with Crippen LogP contribution in [0.25, 0.3) is 0 Å². The summed E-state index contributed by atoms with van der Waals surface area (Å²) in [5.41, 5.74) is 1.22. The van der Waals surface area contributed by atoms with E-state index in [2.05, 4.69) is 32.7 Å². The van der Waals surface area contributed by atoms with Crippen molar-refractivity contribution in [2.45, 2.75) is 52.9 Å². The molecule has 0 amide bonds. The quantitative estimate of drug-likeness (QED) is 0.667. The van der Waals surface area contributed by atoms with Crippen LogP contribution in [0.3, 0.4) is 0 Å². The average molecular weight is 198 g/mol. The molecule has 0 N–H and O–H groups in total. The zero-order valence-corrected chi connectivity index (χ0v) is 10.2. The molecule has 0 aliphatic carbocycles. The molecule has 0 atom stereocenters. The Hall–Kier alpha value is -0.370. The van der Waals surface area contributed by atoms with E-state index in [1.54, 1.807) is 11.3 Å². The lowest BCUT2D eigenvalue weighted by atomic mass is 9.91. The standard InChI is InChI=1S/C11H19NS/c1-7(2)10-12-9(8(3)13-10)11(4,5)6/h7H,1-6H3/i7D. The molecule has 0 saturated heterocycles. The molecule has 0 spiro atoms. The Bertz CT molecular complexity index is 328. The molecule has 1 rings (SSSR count). The first-order valence-corrected chi connectivity index (χ1v) is 5.42. The van der Waals surface area contributed by atoms with Crippen LogP contribution in [0.1, 0.15) is 57.5 Å². The van der Waals surface area contributed by atoms with Crippen LogP contribution in [0.15, 0.2) is 0 Å². The molecule has 0 bridgehead atoms. The lowest BCUT2D eigenvalue weighted by molar-refractivity contribution is 0.566. The van der Waals surface area contributed by atoms with E-state index in [-0.39, 0.29) is 5.41 Å². The van der Waals surface area contributed by atoms with Crippen LogP contribution in [-0.4, -0.2) is 4.98 Å². The maximum atomic E-state index is 7.94. The smallest absolute Gasteiger partial charge is 0.0956 e. The van der Waals surface area contributed by atoms with Gasteiger partial charge in [0.2, 0.25) is 0 Å². The molecular weight excluding hydrogens is 178 g/mol. The summed E-state index contributed by atoms with van der Waals surface area (Å²) >= 11 is 1.65. The second-order valence-corrected chi connectivity index (χ2v) is 5.88. The van der Waals surface area contributed by atoms with Crippen molar-refractivity contribution in [3.05, 3.63) is 15.6 Å². The first-order valence-electron chi connectivity index (χ1n) is 5.11. The van der Waals surface area contributed by atoms with Gasteiger partial charge >= 0.3 is 0 Å². The van der Waals surface area contributed by atoms with Crippen LogP contribution in [0.5, 0.6) is 0 Å². The first-order chi connectivity index (χ1) is 6.12. The van der Waals surface area contributed by atoms with Gasteiger partial charge in [-0.15, -0.1) is 11.3 Å². The molecule has 1 heterocycles. The summed E-state index contributed by atoms with van der Waals surface area (Å²) in [6.07, 6.45) is 0. The molecule has 1 nitrogen and oxygen atoms in total. The fourth-order valence-corrected chi connectivity index (χ4v) is 2.39. The Morgan fingerprint density at radius 1 is 1.38 bits per heavy atom. The molecule has 0 unspecified atom stereocenters. The second kappa shape index (κ2) is 3.41. The van der Waals surface area contributed by atoms with Crippen LogP contribution in [0.4, 0.5) is 0 Å². The van der Waals surface area contributed by atoms with Crippen molar-refractivity contribution in [3.63, 3.8) is 0 Å². The van der Waals surface area contributed by atoms with Gasteiger partial charge in [-0.05, 0) is 6.92 Å². The van der Waals surface area contributed by atoms with Gasteiger partial charge in [0.25, 0.3) is 0 Å². The highest BCUT2D eigenvalue weighted by molar-refractivity contribution is 7.11. The number of thiazole rings is 1. The largest absolute Gasteiger partial charge is 0.245 e. The SMILES string of the molecule is [2H]C(C)(C)c1nc(C(C)(C)C)c(C)s1. The Kier molecular flexibility index (Phi) is 2.41. The third-order valence-electron chi connectivity index (χ3n) is 1.93. The van der Waals surface area contributed by atoms with E-state index in [4.69, 9.17) is 1.37 Å². The van der Waals surface area contributed by atoms with Crippen molar-refractivity contribution in [2.75, 3.05) is 0 Å². The maximum absolute atomic E-state index is 7.94. The summed E-state index contributed by atoms with van der Waals surface area (Å²) in [6.45, 7) is 12.4. The number of aromatic nitrogens is 1. The van der Waals surface area contributed by atoms with Crippen molar-refractivity contribution in [1.29, 1.82) is 0 Å². The molecular formula is C11H19NS. The van der Waals surface area contributed by atoms with Crippen molar-refractivity contribution in [1.82, 2.24) is 4.98 Å². The van der Waals surface area contributed by atoms with Crippen LogP contribution in [0, 0.1) is 6.92 Å². The fourth-order valence-electron chi connectivity index (χ4n) is 1.31. The minimum absolute atomic E-state index is 0.0874. The minimum Gasteiger partial charge on any atom is -0.245 e. The van der Waals surface area contributed by atoms with Crippen molar-refractivity contribution in [2.24, 2.45) is 0 Å². The molecule has 13 heavy (non-hydrogen) atoms. The van der Waals surface area contributed by atoms with E-state index in [1.165, 1.54) is 4.88 Å². The van der Waals surface area contributed by atoms with Crippen LogP contribution < -0.4 is 0 Å². The molecule has 0 aliphatic rings. The number of hydrogen-bond acceptors (Lipinski definition) is 2. The van der Waals surface area contributed by atoms with Crippen molar-refractivity contribution < 1.29 is 1.37 Å². The average Bonchev–Trinajstić information content (AvgIpc) is 2.27. The number of rotatable bonds is 1. The molecule has 2 heteroatoms. The summed E-state index contributed by atoms with van der Waals surface area (Å²) in [7, 11) is 0. The zero-order chi connectivity index (χ0) is 11.1. The highest BCUT2D eigenvalue weighted by atomic mass is 32.1. The summed E-state index contributed by atoms with van der Waals surface area (Å²) in [6, 6.07) is 0. The van der Waals surface area contributed by atoms with E-state index in [0.29, 0.717) is 0 Å². The molecule has 1 aromatic heterocycles. The van der Waals surface area contributed by atoms with Gasteiger partial charge in [0.15, 0.2) is 0 Å². The predicted molar refractivity (Wildman–Crippen MR) is 59.6 cm³/mol. The molecule has 1 aromatic rings. The van der Waals surface area contributed by atoms with Gasteiger partial charge in [-0.3, -0.25) is 0 Å². The molecule has 0 fully saturated rings. The maximum Gasteiger partial charge on any atom is 0.0956 e. The summed E-state index contributed by atoms with van der Waals surface area (Å²) < 4.78 is 7.94. The third-order valence-corrected chi connectivity index (χ3v) is 3.13. The Morgan fingerprint density at radius 3 is 2.15 bits per heavy atom. The summed E-state index contributed by atoms with van der Waals surface area (Å²) in [4.78, 5) is 5.83. The molecule has 74 valence electrons. The Balaban J connectivity index is 3.19. The minimum atomic E-state index is -0.571. The van der Waals surface area contributed by atoms with Gasteiger partial charge in [0.1, 0.15) is 0 Å². The van der Waals surface area contributed by atoms with Gasteiger partial charge in [-0.2, -0.15) is 0 Å². The Morgan fingerprint density at radius 2 is 1.92 bits per heavy atom. The normalized spacial score (nSPS) is 14.5. The summed E-state index contributed by atoms with van der Waals surface area (Å²) in [5.74, 6) is -0.571. The second-order valence-electron chi connectivity index (χ2n) is 4.67. The predicted octanol–water partition coefficient (Wildman–Crippen LogP) is 3.87. The number of hydrogen-bond donors (Lipinski definition) is 0. The lowest BCUT2D eigenvalue weighted by Crippen LogP contribution is -2.13. The highest BCUT2D eigenvalue weighted by Gasteiger charge is 2.21. The van der Waals surface area contributed by atoms with Gasteiger partial charge < -0.3 is 0 Å². The van der Waals surface area contributed by atoms with Crippen LogP contribution in [-0.2, 0) is 5.41 Å². The monoisotopic (exact) mass is 198 g/mol. The molecule has 0 saturated carbocycles. The van der Waals surface area contributed by atoms with Crippen molar-refractivity contribution >= 4 is 11.3 Å². The van der Waals surface area contributed by atoms with Gasteiger partial charge in [-0.25, -0.2) is 4.98 Å². The fraction of sp³-hybridized carbons (Fsp3) is 0.727. The first kappa shape index (κ1) is 9.20. The van der Waals surface area contributed by atoms with E-state index >= 15 is 0 Å². The van der Waals surface area contributed by atoms with E-state index in [0.717, 1.165) is 10.7 Å². The highest BCUT2D eigenvalue weighted by Crippen LogP contribution is 2.31. The van der Waals surface area contributed by atoms with E-state index in [1.807, 2.05) is 13.8 Å².